The lowest BCUT2D eigenvalue weighted by Crippen LogP contribution is -2.08. The van der Waals surface area contributed by atoms with Gasteiger partial charge in [-0.15, -0.1) is 0 Å². The Hall–Kier alpha value is -6.30. The normalized spacial score (nSPS) is 10.1. The second-order valence-corrected chi connectivity index (χ2v) is 13.1. The van der Waals surface area contributed by atoms with Gasteiger partial charge < -0.3 is 9.47 Å². The van der Waals surface area contributed by atoms with E-state index in [-0.39, 0.29) is 35.7 Å². The van der Waals surface area contributed by atoms with Crippen molar-refractivity contribution in [2.45, 2.75) is 82.1 Å². The number of aldehydes is 2. The highest BCUT2D eigenvalue weighted by molar-refractivity contribution is 6.01. The summed E-state index contributed by atoms with van der Waals surface area (Å²) in [6, 6.07) is 16.9. The van der Waals surface area contributed by atoms with Gasteiger partial charge in [0.25, 0.3) is 11.4 Å². The lowest BCUT2D eigenvalue weighted by molar-refractivity contribution is -0.385. The molecule has 0 aliphatic heterocycles. The largest absolute Gasteiger partial charge is 0.462 e. The summed E-state index contributed by atoms with van der Waals surface area (Å²) in [4.78, 5) is 65.8. The van der Waals surface area contributed by atoms with Crippen molar-refractivity contribution in [1.82, 2.24) is 0 Å². The molecule has 0 aliphatic rings. The minimum absolute atomic E-state index is 0.00685. The van der Waals surface area contributed by atoms with Crippen molar-refractivity contribution < 1.29 is 38.5 Å². The monoisotopic (exact) mass is 766 g/mol. The number of nitrogens with zero attached hydrogens (tertiary/aromatic N) is 2. The molecule has 0 bridgehead atoms. The number of nitro groups is 2. The van der Waals surface area contributed by atoms with E-state index in [0.29, 0.717) is 23.7 Å². The number of nitro benzene ring substituents is 2. The number of rotatable bonds is 9. The average Bonchev–Trinajstić information content (AvgIpc) is 3.16. The first kappa shape index (κ1) is 45.9. The van der Waals surface area contributed by atoms with Gasteiger partial charge in [0.05, 0.1) is 23.1 Å². The average molecular weight is 767 g/mol. The molecule has 0 fully saturated rings. The van der Waals surface area contributed by atoms with Crippen molar-refractivity contribution in [1.29, 1.82) is 0 Å². The van der Waals surface area contributed by atoms with Crippen LogP contribution in [0.3, 0.4) is 0 Å². The maximum absolute atomic E-state index is 11.8. The summed E-state index contributed by atoms with van der Waals surface area (Å²) in [5.74, 6) is -1.33. The molecule has 0 amide bonds. The molecule has 0 saturated heterocycles. The van der Waals surface area contributed by atoms with Crippen LogP contribution in [0.15, 0.2) is 60.7 Å². The van der Waals surface area contributed by atoms with Crippen LogP contribution in [0.5, 0.6) is 0 Å². The van der Waals surface area contributed by atoms with Crippen LogP contribution in [0.4, 0.5) is 11.4 Å². The van der Waals surface area contributed by atoms with E-state index in [1.165, 1.54) is 37.1 Å². The van der Waals surface area contributed by atoms with E-state index < -0.39 is 21.8 Å². The molecule has 12 heteroatoms. The molecular formula is C44H50N2O10. The van der Waals surface area contributed by atoms with Gasteiger partial charge in [0, 0.05) is 23.3 Å². The number of carbonyl (C=O) groups excluding carboxylic acids is 4. The summed E-state index contributed by atoms with van der Waals surface area (Å²) in [5, 5.41) is 25.3. The first-order valence-corrected chi connectivity index (χ1v) is 18.2. The van der Waals surface area contributed by atoms with Crippen LogP contribution in [0.2, 0.25) is 0 Å². The highest BCUT2D eigenvalue weighted by Crippen LogP contribution is 2.30. The number of fused-ring (bicyclic) bond motifs is 2. The Morgan fingerprint density at radius 3 is 1.00 bits per heavy atom. The van der Waals surface area contributed by atoms with Gasteiger partial charge in [-0.1, -0.05) is 51.0 Å². The maximum Gasteiger partial charge on any atom is 0.345 e. The maximum atomic E-state index is 11.8. The van der Waals surface area contributed by atoms with E-state index in [9.17, 15) is 39.4 Å². The number of aryl methyl sites for hydroxylation is 6. The highest BCUT2D eigenvalue weighted by atomic mass is 16.6. The van der Waals surface area contributed by atoms with Gasteiger partial charge in [-0.05, 0) is 135 Å². The molecule has 0 unspecified atom stereocenters. The van der Waals surface area contributed by atoms with Crippen molar-refractivity contribution in [2.24, 2.45) is 0 Å². The predicted molar refractivity (Wildman–Crippen MR) is 219 cm³/mol. The number of hydrogen-bond acceptors (Lipinski definition) is 10. The van der Waals surface area contributed by atoms with E-state index in [1.807, 2.05) is 65.8 Å². The molecule has 0 radical (unpaired) electrons. The van der Waals surface area contributed by atoms with Crippen LogP contribution >= 0.6 is 0 Å². The first-order valence-electron chi connectivity index (χ1n) is 18.2. The molecule has 0 saturated carbocycles. The number of carbonyl (C=O) groups is 4. The van der Waals surface area contributed by atoms with E-state index >= 15 is 0 Å². The topological polar surface area (TPSA) is 173 Å². The lowest BCUT2D eigenvalue weighted by atomic mass is 10.00. The Bertz CT molecular complexity index is 2100. The molecule has 5 rings (SSSR count). The molecule has 5 aromatic rings. The molecule has 296 valence electrons. The standard InChI is InChI=1S/2C15H15NO4.C10H10O2.C4H10/c2*1-4-20-15(17)13-7-11-5-9(2)10(3)6-12(11)8-14(13)16(18)19;1-7-3-9(5-11)10(6-12)4-8(7)2;1-3-4-2/h2*5-8H,4H2,1-3H3;3-6H,1-2H3;3-4H2,1-2H3. The molecule has 0 spiro atoms. The SMILES string of the molecule is CCCC.CCOC(=O)c1cc2cc(C)c(C)cc2cc1[N+](=O)[O-].CCOC(=O)c1cc2cc(C)c(C)cc2cc1[N+](=O)[O-].Cc1cc(C=O)c(C=O)cc1C. The summed E-state index contributed by atoms with van der Waals surface area (Å²) < 4.78 is 9.76. The van der Waals surface area contributed by atoms with Crippen LogP contribution in [0.1, 0.15) is 115 Å². The first-order chi connectivity index (χ1) is 26.5. The Labute approximate surface area is 327 Å². The smallest absolute Gasteiger partial charge is 0.345 e. The summed E-state index contributed by atoms with van der Waals surface area (Å²) in [6.07, 6.45) is 4.05. The molecule has 0 heterocycles. The van der Waals surface area contributed by atoms with Crippen molar-refractivity contribution in [3.8, 4) is 0 Å². The quantitative estimate of drug-likeness (QED) is 0.0608. The zero-order chi connectivity index (χ0) is 42.3. The van der Waals surface area contributed by atoms with E-state index in [4.69, 9.17) is 9.47 Å². The number of unbranched alkanes of at least 4 members (excludes halogenated alkanes) is 1. The Morgan fingerprint density at radius 2 is 0.768 bits per heavy atom. The van der Waals surface area contributed by atoms with Gasteiger partial charge in [-0.25, -0.2) is 9.59 Å². The zero-order valence-electron chi connectivity index (χ0n) is 33.7. The number of benzene rings is 5. The third-order valence-corrected chi connectivity index (χ3v) is 8.97. The third-order valence-electron chi connectivity index (χ3n) is 8.97. The molecule has 56 heavy (non-hydrogen) atoms. The van der Waals surface area contributed by atoms with Crippen LogP contribution in [0.25, 0.3) is 21.5 Å². The van der Waals surface area contributed by atoms with Crippen LogP contribution in [0, 0.1) is 61.8 Å². The van der Waals surface area contributed by atoms with E-state index in [1.54, 1.807) is 26.0 Å². The minimum atomic E-state index is -0.667. The van der Waals surface area contributed by atoms with Gasteiger partial charge in [0.2, 0.25) is 0 Å². The molecule has 0 atom stereocenters. The fourth-order valence-electron chi connectivity index (χ4n) is 5.24. The lowest BCUT2D eigenvalue weighted by Gasteiger charge is -2.07. The van der Waals surface area contributed by atoms with Crippen molar-refractivity contribution in [3.63, 3.8) is 0 Å². The van der Waals surface area contributed by atoms with Gasteiger partial charge in [-0.3, -0.25) is 29.8 Å². The van der Waals surface area contributed by atoms with Crippen LogP contribution < -0.4 is 0 Å². The number of ether oxygens (including phenoxy) is 2. The second kappa shape index (κ2) is 21.6. The van der Waals surface area contributed by atoms with E-state index in [0.717, 1.165) is 54.9 Å². The van der Waals surface area contributed by atoms with Gasteiger partial charge in [0.15, 0.2) is 12.6 Å². The summed E-state index contributed by atoms with van der Waals surface area (Å²) in [5.41, 5.74) is 6.78. The Balaban J connectivity index is 0.000000284. The summed E-state index contributed by atoms with van der Waals surface area (Å²) in [6.45, 7) is 19.7. The molecule has 5 aromatic carbocycles. The second-order valence-electron chi connectivity index (χ2n) is 13.1. The van der Waals surface area contributed by atoms with Gasteiger partial charge >= 0.3 is 11.9 Å². The van der Waals surface area contributed by atoms with Crippen molar-refractivity contribution in [2.75, 3.05) is 13.2 Å². The number of hydrogen-bond donors (Lipinski definition) is 0. The minimum Gasteiger partial charge on any atom is -0.462 e. The van der Waals surface area contributed by atoms with Gasteiger partial charge in [-0.2, -0.15) is 0 Å². The molecule has 0 aliphatic carbocycles. The Kier molecular flexibility index (Phi) is 17.6. The number of esters is 2. The van der Waals surface area contributed by atoms with Crippen LogP contribution in [-0.4, -0.2) is 47.6 Å². The Morgan fingerprint density at radius 1 is 0.500 bits per heavy atom. The molecule has 0 N–H and O–H groups in total. The molecule has 0 aromatic heterocycles. The fourth-order valence-corrected chi connectivity index (χ4v) is 5.24. The third kappa shape index (κ3) is 12.1. The van der Waals surface area contributed by atoms with E-state index in [2.05, 4.69) is 13.8 Å². The summed E-state index contributed by atoms with van der Waals surface area (Å²) >= 11 is 0. The zero-order valence-corrected chi connectivity index (χ0v) is 33.7. The molecule has 12 nitrogen and oxygen atoms in total. The van der Waals surface area contributed by atoms with Crippen LogP contribution in [-0.2, 0) is 9.47 Å². The summed E-state index contributed by atoms with van der Waals surface area (Å²) in [7, 11) is 0. The van der Waals surface area contributed by atoms with Crippen molar-refractivity contribution >= 4 is 57.4 Å². The van der Waals surface area contributed by atoms with Gasteiger partial charge in [0.1, 0.15) is 11.1 Å². The van der Waals surface area contributed by atoms with Crippen molar-refractivity contribution in [3.05, 3.63) is 137 Å². The molecular weight excluding hydrogens is 716 g/mol. The predicted octanol–water partition coefficient (Wildman–Crippen LogP) is 10.8. The fraction of sp³-hybridized carbons (Fsp3) is 0.318. The highest BCUT2D eigenvalue weighted by Gasteiger charge is 2.23.